The fourth-order valence-electron chi connectivity index (χ4n) is 5.68. The smallest absolute Gasteiger partial charge is 0.306 e. The molecule has 1 aromatic carbocycles. The molecule has 1 aromatic rings. The van der Waals surface area contributed by atoms with Gasteiger partial charge in [0.15, 0.2) is 6.61 Å². The molecule has 3 fully saturated rings. The summed E-state index contributed by atoms with van der Waals surface area (Å²) in [5.41, 5.74) is 0.0785. The second kappa shape index (κ2) is 10.3. The van der Waals surface area contributed by atoms with Crippen molar-refractivity contribution in [1.29, 1.82) is 0 Å². The number of ether oxygens (including phenoxy) is 3. The van der Waals surface area contributed by atoms with Crippen LogP contribution in [0.1, 0.15) is 52.4 Å². The molecule has 1 aliphatic heterocycles. The number of rotatable bonds is 9. The van der Waals surface area contributed by atoms with Gasteiger partial charge in [0.05, 0.1) is 24.9 Å². The minimum absolute atomic E-state index is 0.0172. The van der Waals surface area contributed by atoms with Gasteiger partial charge in [-0.1, -0.05) is 24.3 Å². The summed E-state index contributed by atoms with van der Waals surface area (Å²) < 4.78 is 45.6. The maximum atomic E-state index is 14.4. The summed E-state index contributed by atoms with van der Waals surface area (Å²) in [5.74, 6) is -2.80. The van der Waals surface area contributed by atoms with Gasteiger partial charge in [-0.15, -0.1) is 0 Å². The zero-order valence-corrected chi connectivity index (χ0v) is 20.0. The number of para-hydroxylation sites is 1. The van der Waals surface area contributed by atoms with E-state index in [-0.39, 0.29) is 35.4 Å². The SMILES string of the molecule is CC(C)OC(=O)CCC1CC12CC[C@@H]1[C@@H](/C=C/C(F)(F)COc3ccccc3)[C@H](O)C[C@@H]1OC2. The van der Waals surface area contributed by atoms with Gasteiger partial charge in [-0.25, -0.2) is 0 Å². The molecule has 3 aliphatic rings. The largest absolute Gasteiger partial charge is 0.487 e. The minimum atomic E-state index is -3.13. The molecule has 7 heteroatoms. The molecule has 2 saturated carbocycles. The van der Waals surface area contributed by atoms with E-state index in [4.69, 9.17) is 14.2 Å². The predicted octanol–water partition coefficient (Wildman–Crippen LogP) is 5.17. The molecule has 188 valence electrons. The third-order valence-electron chi connectivity index (χ3n) is 7.61. The van der Waals surface area contributed by atoms with E-state index in [0.29, 0.717) is 31.1 Å². The Morgan fingerprint density at radius 2 is 2.09 bits per heavy atom. The molecule has 1 N–H and O–H groups in total. The Bertz CT molecular complexity index is 858. The third kappa shape index (κ3) is 6.16. The van der Waals surface area contributed by atoms with E-state index in [0.717, 1.165) is 31.8 Å². The quantitative estimate of drug-likeness (QED) is 0.392. The van der Waals surface area contributed by atoms with Crippen LogP contribution in [0.3, 0.4) is 0 Å². The summed E-state index contributed by atoms with van der Waals surface area (Å²) in [6, 6.07) is 8.55. The highest BCUT2D eigenvalue weighted by atomic mass is 19.3. The van der Waals surface area contributed by atoms with Crippen LogP contribution in [0, 0.1) is 23.2 Å². The lowest BCUT2D eigenvalue weighted by atomic mass is 9.85. The van der Waals surface area contributed by atoms with Gasteiger partial charge in [0.25, 0.3) is 5.92 Å². The fraction of sp³-hybridized carbons (Fsp3) is 0.667. The number of esters is 1. The summed E-state index contributed by atoms with van der Waals surface area (Å²) in [4.78, 5) is 11.9. The van der Waals surface area contributed by atoms with E-state index in [1.54, 1.807) is 30.3 Å². The number of aliphatic hydroxyl groups is 1. The first-order valence-electron chi connectivity index (χ1n) is 12.4. The fourth-order valence-corrected chi connectivity index (χ4v) is 5.68. The molecule has 0 aromatic heterocycles. The Balaban J connectivity index is 1.30. The molecular weight excluding hydrogens is 442 g/mol. The van der Waals surface area contributed by atoms with Crippen LogP contribution in [0.4, 0.5) is 8.78 Å². The van der Waals surface area contributed by atoms with Crippen LogP contribution in [0.25, 0.3) is 0 Å². The lowest BCUT2D eigenvalue weighted by molar-refractivity contribution is -0.147. The molecule has 1 spiro atoms. The van der Waals surface area contributed by atoms with E-state index in [2.05, 4.69) is 0 Å². The van der Waals surface area contributed by atoms with Crippen molar-refractivity contribution in [3.8, 4) is 5.75 Å². The van der Waals surface area contributed by atoms with Gasteiger partial charge < -0.3 is 19.3 Å². The molecule has 6 atom stereocenters. The van der Waals surface area contributed by atoms with E-state index < -0.39 is 18.6 Å². The van der Waals surface area contributed by atoms with E-state index in [9.17, 15) is 18.7 Å². The molecule has 34 heavy (non-hydrogen) atoms. The Hall–Kier alpha value is -1.99. The number of fused-ring (bicyclic) bond motifs is 1. The summed E-state index contributed by atoms with van der Waals surface area (Å²) in [6.45, 7) is 3.56. The van der Waals surface area contributed by atoms with Crippen LogP contribution in [-0.4, -0.2) is 48.5 Å². The van der Waals surface area contributed by atoms with Crippen molar-refractivity contribution in [2.24, 2.45) is 23.2 Å². The summed E-state index contributed by atoms with van der Waals surface area (Å²) in [6.07, 6.45) is 5.91. The lowest BCUT2D eigenvalue weighted by Gasteiger charge is -2.21. The monoisotopic (exact) mass is 478 g/mol. The highest BCUT2D eigenvalue weighted by molar-refractivity contribution is 5.69. The number of halogens is 2. The highest BCUT2D eigenvalue weighted by Crippen LogP contribution is 2.61. The topological polar surface area (TPSA) is 65.0 Å². The van der Waals surface area contributed by atoms with Crippen LogP contribution in [-0.2, 0) is 14.3 Å². The van der Waals surface area contributed by atoms with Crippen LogP contribution < -0.4 is 4.74 Å². The number of aliphatic hydroxyl groups excluding tert-OH is 1. The van der Waals surface area contributed by atoms with Crippen molar-refractivity contribution in [1.82, 2.24) is 0 Å². The van der Waals surface area contributed by atoms with Crippen LogP contribution in [0.2, 0.25) is 0 Å². The number of benzene rings is 1. The molecule has 2 unspecified atom stereocenters. The second-order valence-electron chi connectivity index (χ2n) is 10.5. The van der Waals surface area contributed by atoms with Gasteiger partial charge in [-0.3, -0.25) is 4.79 Å². The van der Waals surface area contributed by atoms with Crippen molar-refractivity contribution < 1.29 is 32.9 Å². The predicted molar refractivity (Wildman–Crippen MR) is 124 cm³/mol. The van der Waals surface area contributed by atoms with Gasteiger partial charge in [-0.2, -0.15) is 8.78 Å². The normalized spacial score (nSPS) is 33.2. The van der Waals surface area contributed by atoms with Crippen molar-refractivity contribution in [2.75, 3.05) is 13.2 Å². The Kier molecular flexibility index (Phi) is 7.63. The van der Waals surface area contributed by atoms with E-state index in [1.165, 1.54) is 6.08 Å². The third-order valence-corrected chi connectivity index (χ3v) is 7.61. The van der Waals surface area contributed by atoms with Crippen LogP contribution in [0.5, 0.6) is 5.75 Å². The standard InChI is InChI=1S/C27H36F2O5/c1-18(2)34-25(31)9-8-19-15-26(19)12-10-22-21(23(30)14-24(22)33-16-26)11-13-27(28,29)17-32-20-6-4-3-5-7-20/h3-7,11,13,18-19,21-24,30H,8-10,12,14-17H2,1-2H3/b13-11+/t19?,21-,22-,23-,24+,26?/m1/s1. The van der Waals surface area contributed by atoms with Crippen LogP contribution >= 0.6 is 0 Å². The molecule has 0 bridgehead atoms. The van der Waals surface area contributed by atoms with Crippen molar-refractivity contribution in [3.05, 3.63) is 42.5 Å². The van der Waals surface area contributed by atoms with E-state index in [1.807, 2.05) is 13.8 Å². The maximum Gasteiger partial charge on any atom is 0.306 e. The van der Waals surface area contributed by atoms with Crippen molar-refractivity contribution in [3.63, 3.8) is 0 Å². The lowest BCUT2D eigenvalue weighted by Crippen LogP contribution is -2.25. The molecule has 0 amide bonds. The van der Waals surface area contributed by atoms with Gasteiger partial charge in [0, 0.05) is 18.8 Å². The van der Waals surface area contributed by atoms with Gasteiger partial charge in [0.1, 0.15) is 5.75 Å². The Morgan fingerprint density at radius 3 is 2.82 bits per heavy atom. The zero-order chi connectivity index (χ0) is 24.3. The minimum Gasteiger partial charge on any atom is -0.487 e. The molecule has 4 rings (SSSR count). The number of alkyl halides is 2. The molecule has 2 aliphatic carbocycles. The molecular formula is C27H36F2O5. The Morgan fingerprint density at radius 1 is 1.32 bits per heavy atom. The first-order chi connectivity index (χ1) is 16.2. The summed E-state index contributed by atoms with van der Waals surface area (Å²) in [7, 11) is 0. The Labute approximate surface area is 200 Å². The average molecular weight is 479 g/mol. The number of hydrogen-bond acceptors (Lipinski definition) is 5. The zero-order valence-electron chi connectivity index (χ0n) is 20.0. The number of hydrogen-bond donors (Lipinski definition) is 1. The van der Waals surface area contributed by atoms with Gasteiger partial charge in [-0.05, 0) is 75.0 Å². The first-order valence-corrected chi connectivity index (χ1v) is 12.4. The van der Waals surface area contributed by atoms with Crippen molar-refractivity contribution >= 4 is 5.97 Å². The average Bonchev–Trinajstić information content (AvgIpc) is 3.44. The second-order valence-corrected chi connectivity index (χ2v) is 10.5. The van der Waals surface area contributed by atoms with Crippen LogP contribution in [0.15, 0.2) is 42.5 Å². The molecule has 5 nitrogen and oxygen atoms in total. The van der Waals surface area contributed by atoms with E-state index >= 15 is 0 Å². The summed E-state index contributed by atoms with van der Waals surface area (Å²) in [5, 5.41) is 10.6. The van der Waals surface area contributed by atoms with Gasteiger partial charge in [0.2, 0.25) is 0 Å². The molecule has 0 radical (unpaired) electrons. The highest BCUT2D eigenvalue weighted by Gasteiger charge is 2.57. The first kappa shape index (κ1) is 25.1. The summed E-state index contributed by atoms with van der Waals surface area (Å²) >= 11 is 0. The number of carbonyl (C=O) groups excluding carboxylic acids is 1. The molecule has 1 saturated heterocycles. The number of carbonyl (C=O) groups is 1. The maximum absolute atomic E-state index is 14.4. The molecule has 1 heterocycles. The van der Waals surface area contributed by atoms with Gasteiger partial charge >= 0.3 is 5.97 Å². The van der Waals surface area contributed by atoms with Crippen molar-refractivity contribution in [2.45, 2.75) is 76.6 Å².